The van der Waals surface area contributed by atoms with Crippen LogP contribution in [-0.2, 0) is 17.5 Å². The quantitative estimate of drug-likeness (QED) is 0.586. The maximum atomic E-state index is 12.1. The van der Waals surface area contributed by atoms with Gasteiger partial charge in [-0.3, -0.25) is 4.31 Å². The van der Waals surface area contributed by atoms with Crippen molar-refractivity contribution in [1.29, 1.82) is 5.26 Å². The monoisotopic (exact) mass is 407 g/mol. The molecule has 0 spiro atoms. The smallest absolute Gasteiger partial charge is 0.121 e. The minimum Gasteiger partial charge on any atom is -0.494 e. The molecule has 2 heterocycles. The minimum absolute atomic E-state index is 0.676. The topological polar surface area (TPSA) is 58.3 Å². The largest absolute Gasteiger partial charge is 0.494 e. The SMILES string of the molecule is CCCOc1ccc2c(C#N)c(-c3ccc(N4CCCS4=O)cc3)n(CC)c2c1. The van der Waals surface area contributed by atoms with Crippen LogP contribution in [0.1, 0.15) is 32.3 Å². The summed E-state index contributed by atoms with van der Waals surface area (Å²) in [6.07, 6.45) is 1.91. The van der Waals surface area contributed by atoms with Crippen molar-refractivity contribution in [3.05, 3.63) is 48.0 Å². The zero-order chi connectivity index (χ0) is 20.4. The molecule has 5 nitrogen and oxygen atoms in total. The van der Waals surface area contributed by atoms with Gasteiger partial charge in [0, 0.05) is 36.0 Å². The fourth-order valence-corrected chi connectivity index (χ4v) is 5.24. The Morgan fingerprint density at radius 1 is 1.17 bits per heavy atom. The maximum Gasteiger partial charge on any atom is 0.121 e. The first-order valence-corrected chi connectivity index (χ1v) is 11.4. The Morgan fingerprint density at radius 3 is 2.59 bits per heavy atom. The molecule has 1 unspecified atom stereocenters. The number of anilines is 1. The highest BCUT2D eigenvalue weighted by atomic mass is 32.2. The number of fused-ring (bicyclic) bond motifs is 1. The van der Waals surface area contributed by atoms with Gasteiger partial charge in [-0.15, -0.1) is 0 Å². The number of aryl methyl sites for hydroxylation is 1. The molecule has 1 aromatic heterocycles. The number of hydrogen-bond donors (Lipinski definition) is 0. The van der Waals surface area contributed by atoms with Gasteiger partial charge in [-0.2, -0.15) is 5.26 Å². The summed E-state index contributed by atoms with van der Waals surface area (Å²) in [7, 11) is -0.931. The van der Waals surface area contributed by atoms with E-state index in [2.05, 4.69) is 24.5 Å². The summed E-state index contributed by atoms with van der Waals surface area (Å²) in [5.74, 6) is 1.56. The standard InChI is InChI=1S/C23H25N3O2S/c1-3-13-28-19-10-11-20-21(16-24)23(25(4-2)22(20)15-19)17-6-8-18(9-7-17)26-12-5-14-29(26)27/h6-11,15H,3-5,12-14H2,1-2H3. The van der Waals surface area contributed by atoms with Gasteiger partial charge < -0.3 is 9.30 Å². The van der Waals surface area contributed by atoms with Crippen LogP contribution in [0.25, 0.3) is 22.2 Å². The van der Waals surface area contributed by atoms with E-state index >= 15 is 0 Å². The third-order valence-electron chi connectivity index (χ3n) is 5.29. The molecule has 1 aliphatic rings. The van der Waals surface area contributed by atoms with Crippen LogP contribution in [0.5, 0.6) is 5.75 Å². The Hall–Kier alpha value is -2.78. The molecule has 1 fully saturated rings. The van der Waals surface area contributed by atoms with Crippen molar-refractivity contribution >= 4 is 27.6 Å². The van der Waals surface area contributed by atoms with E-state index in [1.165, 1.54) is 0 Å². The highest BCUT2D eigenvalue weighted by Crippen LogP contribution is 2.36. The number of rotatable bonds is 6. The molecule has 2 aromatic carbocycles. The van der Waals surface area contributed by atoms with Crippen LogP contribution >= 0.6 is 0 Å². The maximum absolute atomic E-state index is 12.1. The molecular weight excluding hydrogens is 382 g/mol. The van der Waals surface area contributed by atoms with Gasteiger partial charge in [0.05, 0.1) is 23.4 Å². The summed E-state index contributed by atoms with van der Waals surface area (Å²) in [5.41, 5.74) is 4.58. The van der Waals surface area contributed by atoms with Gasteiger partial charge >= 0.3 is 0 Å². The Labute approximate surface area is 174 Å². The zero-order valence-electron chi connectivity index (χ0n) is 16.9. The van der Waals surface area contributed by atoms with E-state index in [4.69, 9.17) is 4.74 Å². The molecule has 0 amide bonds. The third-order valence-corrected chi connectivity index (χ3v) is 6.81. The molecule has 150 valence electrons. The van der Waals surface area contributed by atoms with Crippen molar-refractivity contribution in [3.63, 3.8) is 0 Å². The normalized spacial score (nSPS) is 16.3. The molecule has 4 rings (SSSR count). The first-order valence-electron chi connectivity index (χ1n) is 10.1. The summed E-state index contributed by atoms with van der Waals surface area (Å²) < 4.78 is 22.1. The predicted molar refractivity (Wildman–Crippen MR) is 119 cm³/mol. The molecule has 0 N–H and O–H groups in total. The molecule has 0 aliphatic carbocycles. The van der Waals surface area contributed by atoms with Crippen molar-refractivity contribution in [2.75, 3.05) is 23.2 Å². The molecule has 3 aromatic rings. The highest BCUT2D eigenvalue weighted by Gasteiger charge is 2.22. The van der Waals surface area contributed by atoms with Gasteiger partial charge in [-0.05, 0) is 49.6 Å². The van der Waals surface area contributed by atoms with Crippen LogP contribution in [-0.4, -0.2) is 27.7 Å². The first kappa shape index (κ1) is 19.5. The van der Waals surface area contributed by atoms with Crippen molar-refractivity contribution in [3.8, 4) is 23.1 Å². The highest BCUT2D eigenvalue weighted by molar-refractivity contribution is 7.86. The van der Waals surface area contributed by atoms with Gasteiger partial charge in [0.25, 0.3) is 0 Å². The van der Waals surface area contributed by atoms with Crippen molar-refractivity contribution in [2.45, 2.75) is 33.2 Å². The van der Waals surface area contributed by atoms with Crippen LogP contribution in [0.3, 0.4) is 0 Å². The Morgan fingerprint density at radius 2 is 1.97 bits per heavy atom. The number of nitriles is 1. The molecule has 1 aliphatic heterocycles. The van der Waals surface area contributed by atoms with Crippen LogP contribution in [0.4, 0.5) is 5.69 Å². The van der Waals surface area contributed by atoms with E-state index in [9.17, 15) is 9.47 Å². The lowest BCUT2D eigenvalue weighted by Crippen LogP contribution is -2.19. The lowest BCUT2D eigenvalue weighted by atomic mass is 10.1. The fraction of sp³-hybridized carbons (Fsp3) is 0.348. The number of ether oxygens (including phenoxy) is 1. The third kappa shape index (κ3) is 3.51. The van der Waals surface area contributed by atoms with E-state index in [1.807, 2.05) is 46.8 Å². The van der Waals surface area contributed by atoms with E-state index < -0.39 is 11.0 Å². The second kappa shape index (κ2) is 8.30. The Balaban J connectivity index is 1.80. The van der Waals surface area contributed by atoms with Crippen LogP contribution < -0.4 is 9.04 Å². The summed E-state index contributed by atoms with van der Waals surface area (Å²) in [6, 6.07) is 16.4. The molecule has 6 heteroatoms. The fourth-order valence-electron chi connectivity index (χ4n) is 3.96. The molecule has 0 radical (unpaired) electrons. The summed E-state index contributed by atoms with van der Waals surface area (Å²) >= 11 is 0. The average Bonchev–Trinajstić information content (AvgIpc) is 3.32. The van der Waals surface area contributed by atoms with Crippen LogP contribution in [0, 0.1) is 11.3 Å². The average molecular weight is 408 g/mol. The second-order valence-corrected chi connectivity index (χ2v) is 8.63. The van der Waals surface area contributed by atoms with E-state index in [-0.39, 0.29) is 0 Å². The number of benzene rings is 2. The second-order valence-electron chi connectivity index (χ2n) is 7.14. The predicted octanol–water partition coefficient (Wildman–Crippen LogP) is 4.86. The number of nitrogens with zero attached hydrogens (tertiary/aromatic N) is 3. The van der Waals surface area contributed by atoms with Crippen molar-refractivity contribution < 1.29 is 8.95 Å². The summed E-state index contributed by atoms with van der Waals surface area (Å²) in [6.45, 7) is 6.43. The first-order chi connectivity index (χ1) is 14.2. The molecule has 0 bridgehead atoms. The molecular formula is C23H25N3O2S. The summed E-state index contributed by atoms with van der Waals surface area (Å²) in [5, 5.41) is 10.9. The summed E-state index contributed by atoms with van der Waals surface area (Å²) in [4.78, 5) is 0. The van der Waals surface area contributed by atoms with Gasteiger partial charge in [0.2, 0.25) is 0 Å². The molecule has 1 atom stereocenters. The molecule has 29 heavy (non-hydrogen) atoms. The van der Waals surface area contributed by atoms with E-state index in [0.717, 1.165) is 65.3 Å². The van der Waals surface area contributed by atoms with Gasteiger partial charge in [0.15, 0.2) is 0 Å². The number of aromatic nitrogens is 1. The lowest BCUT2D eigenvalue weighted by molar-refractivity contribution is 0.318. The molecule has 0 saturated carbocycles. The number of hydrogen-bond acceptors (Lipinski definition) is 3. The van der Waals surface area contributed by atoms with Crippen molar-refractivity contribution in [2.24, 2.45) is 0 Å². The van der Waals surface area contributed by atoms with Gasteiger partial charge in [-0.25, -0.2) is 4.21 Å². The van der Waals surface area contributed by atoms with E-state index in [1.54, 1.807) is 0 Å². The lowest BCUT2D eigenvalue weighted by Gasteiger charge is -2.16. The Kier molecular flexibility index (Phi) is 5.59. The van der Waals surface area contributed by atoms with Crippen LogP contribution in [0.15, 0.2) is 42.5 Å². The van der Waals surface area contributed by atoms with Crippen LogP contribution in [0.2, 0.25) is 0 Å². The van der Waals surface area contributed by atoms with Gasteiger partial charge in [-0.1, -0.05) is 19.1 Å². The molecule has 1 saturated heterocycles. The minimum atomic E-state index is -0.931. The Bertz CT molecular complexity index is 1100. The van der Waals surface area contributed by atoms with Gasteiger partial charge in [0.1, 0.15) is 22.8 Å². The zero-order valence-corrected chi connectivity index (χ0v) is 17.7. The van der Waals surface area contributed by atoms with E-state index in [0.29, 0.717) is 12.2 Å². The van der Waals surface area contributed by atoms with Crippen molar-refractivity contribution in [1.82, 2.24) is 4.57 Å².